The monoisotopic (exact) mass is 435 g/mol. The van der Waals surface area contributed by atoms with Gasteiger partial charge in [0.25, 0.3) is 11.2 Å². The zero-order chi connectivity index (χ0) is 22.1. The van der Waals surface area contributed by atoms with Crippen LogP contribution in [0.5, 0.6) is 0 Å². The van der Waals surface area contributed by atoms with E-state index in [-0.39, 0.29) is 28.3 Å². The summed E-state index contributed by atoms with van der Waals surface area (Å²) in [6, 6.07) is 11.2. The minimum atomic E-state index is -0.547. The van der Waals surface area contributed by atoms with E-state index in [0.29, 0.717) is 21.9 Å². The van der Waals surface area contributed by atoms with Crippen LogP contribution in [0.1, 0.15) is 21.5 Å². The average Bonchev–Trinajstić information content (AvgIpc) is 3.23. The third-order valence-electron chi connectivity index (χ3n) is 4.91. The number of hydrogen-bond donors (Lipinski definition) is 1. The summed E-state index contributed by atoms with van der Waals surface area (Å²) >= 11 is 1.09. The molecule has 0 fully saturated rings. The maximum absolute atomic E-state index is 13.1. The molecule has 2 aromatic carbocycles. The molecule has 0 saturated heterocycles. The number of nitro benzene ring substituents is 1. The van der Waals surface area contributed by atoms with Crippen LogP contribution in [-0.4, -0.2) is 36.2 Å². The summed E-state index contributed by atoms with van der Waals surface area (Å²) in [6.45, 7) is 3.93. The molecule has 0 aliphatic heterocycles. The van der Waals surface area contributed by atoms with E-state index in [9.17, 15) is 19.7 Å². The number of nitrogens with zero attached hydrogens (tertiary/aromatic N) is 4. The van der Waals surface area contributed by atoms with Crippen molar-refractivity contribution < 1.29 is 9.72 Å². The molecule has 0 unspecified atom stereocenters. The van der Waals surface area contributed by atoms with Gasteiger partial charge in [0.15, 0.2) is 16.6 Å². The highest BCUT2D eigenvalue weighted by Crippen LogP contribution is 2.23. The number of fused-ring (bicyclic) bond motifs is 1. The highest BCUT2D eigenvalue weighted by atomic mass is 32.2. The van der Waals surface area contributed by atoms with Crippen molar-refractivity contribution in [1.82, 2.24) is 19.7 Å². The van der Waals surface area contributed by atoms with E-state index >= 15 is 0 Å². The maximum Gasteiger partial charge on any atom is 0.270 e. The van der Waals surface area contributed by atoms with Crippen LogP contribution < -0.4 is 5.56 Å². The Hall–Kier alpha value is -3.79. The van der Waals surface area contributed by atoms with Gasteiger partial charge in [-0.15, -0.1) is 0 Å². The highest BCUT2D eigenvalue weighted by molar-refractivity contribution is 7.99. The second-order valence-corrected chi connectivity index (χ2v) is 7.90. The molecule has 10 heteroatoms. The highest BCUT2D eigenvalue weighted by Gasteiger charge is 2.18. The predicted molar refractivity (Wildman–Crippen MR) is 117 cm³/mol. The zero-order valence-corrected chi connectivity index (χ0v) is 17.5. The number of nitrogens with one attached hydrogen (secondary N) is 1. The molecule has 0 radical (unpaired) electrons. The number of H-pyrrole nitrogens is 1. The molecule has 0 atom stereocenters. The lowest BCUT2D eigenvalue weighted by Crippen LogP contribution is -2.22. The van der Waals surface area contributed by atoms with Crippen molar-refractivity contribution in [3.8, 4) is 5.69 Å². The number of carbonyl (C=O) groups is 1. The largest absolute Gasteiger partial charge is 0.293 e. The first-order valence-electron chi connectivity index (χ1n) is 9.29. The van der Waals surface area contributed by atoms with Gasteiger partial charge in [-0.05, 0) is 37.1 Å². The molecule has 31 heavy (non-hydrogen) atoms. The Kier molecular flexibility index (Phi) is 5.38. The quantitative estimate of drug-likeness (QED) is 0.161. The number of thioether (sulfide) groups is 1. The normalized spacial score (nSPS) is 11.0. The van der Waals surface area contributed by atoms with Gasteiger partial charge in [0.1, 0.15) is 5.39 Å². The molecular weight excluding hydrogens is 418 g/mol. The van der Waals surface area contributed by atoms with Crippen molar-refractivity contribution in [3.05, 3.63) is 85.8 Å². The second kappa shape index (κ2) is 8.15. The van der Waals surface area contributed by atoms with E-state index in [1.807, 2.05) is 32.0 Å². The Morgan fingerprint density at radius 2 is 2.00 bits per heavy atom. The van der Waals surface area contributed by atoms with Crippen LogP contribution in [0.15, 0.2) is 58.6 Å². The molecule has 2 aromatic heterocycles. The summed E-state index contributed by atoms with van der Waals surface area (Å²) in [6.07, 6.45) is 1.42. The molecule has 2 heterocycles. The van der Waals surface area contributed by atoms with Crippen molar-refractivity contribution >= 4 is 34.3 Å². The molecule has 0 bridgehead atoms. The number of non-ortho nitro benzene ring substituents is 1. The summed E-state index contributed by atoms with van der Waals surface area (Å²) in [5.74, 6) is -0.350. The lowest BCUT2D eigenvalue weighted by Gasteiger charge is -2.13. The fourth-order valence-corrected chi connectivity index (χ4v) is 3.97. The molecule has 156 valence electrons. The number of Topliss-reactive ketones (excluding diaryl/α,β-unsaturated/α-hetero) is 1. The smallest absolute Gasteiger partial charge is 0.270 e. The van der Waals surface area contributed by atoms with Crippen LogP contribution in [0.3, 0.4) is 0 Å². The fourth-order valence-electron chi connectivity index (χ4n) is 3.07. The van der Waals surface area contributed by atoms with Gasteiger partial charge >= 0.3 is 0 Å². The summed E-state index contributed by atoms with van der Waals surface area (Å²) in [7, 11) is 0. The minimum Gasteiger partial charge on any atom is -0.293 e. The van der Waals surface area contributed by atoms with E-state index < -0.39 is 4.92 Å². The molecule has 0 aliphatic rings. The minimum absolute atomic E-state index is 0.0436. The summed E-state index contributed by atoms with van der Waals surface area (Å²) in [4.78, 5) is 40.7. The Balaban J connectivity index is 1.72. The molecule has 4 aromatic rings. The number of aromatic amines is 1. The van der Waals surface area contributed by atoms with Crippen LogP contribution in [0, 0.1) is 24.0 Å². The van der Waals surface area contributed by atoms with Gasteiger partial charge < -0.3 is 0 Å². The number of nitro groups is 1. The lowest BCUT2D eigenvalue weighted by molar-refractivity contribution is -0.384. The molecule has 9 nitrogen and oxygen atoms in total. The first kappa shape index (κ1) is 20.5. The van der Waals surface area contributed by atoms with Gasteiger partial charge in [0.2, 0.25) is 0 Å². The zero-order valence-electron chi connectivity index (χ0n) is 16.7. The third kappa shape index (κ3) is 3.97. The molecular formula is C21H17N5O4S. The van der Waals surface area contributed by atoms with Gasteiger partial charge in [0, 0.05) is 17.7 Å². The molecule has 4 rings (SSSR count). The van der Waals surface area contributed by atoms with E-state index in [1.165, 1.54) is 35.0 Å². The number of ketones is 1. The molecule has 0 aliphatic carbocycles. The van der Waals surface area contributed by atoms with Gasteiger partial charge in [-0.3, -0.25) is 29.4 Å². The van der Waals surface area contributed by atoms with Crippen molar-refractivity contribution in [2.45, 2.75) is 19.0 Å². The lowest BCUT2D eigenvalue weighted by atomic mass is 10.1. The second-order valence-electron chi connectivity index (χ2n) is 6.96. The number of carbonyl (C=O) groups excluding carboxylic acids is 1. The summed E-state index contributed by atoms with van der Waals surface area (Å²) in [5.41, 5.74) is 2.84. The van der Waals surface area contributed by atoms with E-state index in [2.05, 4.69) is 15.2 Å². The van der Waals surface area contributed by atoms with Gasteiger partial charge in [0.05, 0.1) is 22.6 Å². The first-order chi connectivity index (χ1) is 14.8. The predicted octanol–water partition coefficient (Wildman–Crippen LogP) is 3.61. The van der Waals surface area contributed by atoms with Crippen LogP contribution in [0.2, 0.25) is 0 Å². The first-order valence-corrected chi connectivity index (χ1v) is 10.3. The fraction of sp³-hybridized carbons (Fsp3) is 0.143. The van der Waals surface area contributed by atoms with Gasteiger partial charge in [-0.2, -0.15) is 5.10 Å². The van der Waals surface area contributed by atoms with Gasteiger partial charge in [-0.1, -0.05) is 30.0 Å². The third-order valence-corrected chi connectivity index (χ3v) is 5.85. The number of rotatable bonds is 6. The number of hydrogen-bond acceptors (Lipinski definition) is 7. The van der Waals surface area contributed by atoms with Crippen LogP contribution in [0.25, 0.3) is 16.7 Å². The van der Waals surface area contributed by atoms with Crippen molar-refractivity contribution in [2.24, 2.45) is 0 Å². The van der Waals surface area contributed by atoms with Crippen molar-refractivity contribution in [2.75, 3.05) is 5.75 Å². The van der Waals surface area contributed by atoms with E-state index in [4.69, 9.17) is 0 Å². The Morgan fingerprint density at radius 3 is 2.74 bits per heavy atom. The Morgan fingerprint density at radius 1 is 1.19 bits per heavy atom. The van der Waals surface area contributed by atoms with Crippen LogP contribution in [-0.2, 0) is 0 Å². The van der Waals surface area contributed by atoms with E-state index in [1.54, 1.807) is 0 Å². The molecule has 0 amide bonds. The van der Waals surface area contributed by atoms with Crippen LogP contribution >= 0.6 is 11.8 Å². The SMILES string of the molecule is Cc1ccc(-n2c(SCC(=O)c3cccc([N+](=O)[O-])c3)nc3[nH]ncc3c2=O)cc1C. The number of benzene rings is 2. The summed E-state index contributed by atoms with van der Waals surface area (Å²) < 4.78 is 1.45. The standard InChI is InChI=1S/C21H17N5O4S/c1-12-6-7-15(8-13(12)2)25-20(28)17-10-22-24-19(17)23-21(25)31-11-18(27)14-4-3-5-16(9-14)26(29)30/h3-10H,11H2,1-2H3,(H,22,24). The van der Waals surface area contributed by atoms with Gasteiger partial charge in [-0.25, -0.2) is 4.98 Å². The summed E-state index contributed by atoms with van der Waals surface area (Å²) in [5, 5.41) is 18.2. The Bertz CT molecular complexity index is 1390. The topological polar surface area (TPSA) is 124 Å². The average molecular weight is 435 g/mol. The van der Waals surface area contributed by atoms with E-state index in [0.717, 1.165) is 22.9 Å². The number of aromatic nitrogens is 4. The van der Waals surface area contributed by atoms with Crippen molar-refractivity contribution in [3.63, 3.8) is 0 Å². The van der Waals surface area contributed by atoms with Crippen molar-refractivity contribution in [1.29, 1.82) is 0 Å². The molecule has 1 N–H and O–H groups in total. The maximum atomic E-state index is 13.1. The number of aryl methyl sites for hydroxylation is 2. The molecule has 0 spiro atoms. The Labute approximate surface area is 180 Å². The van der Waals surface area contributed by atoms with Crippen LogP contribution in [0.4, 0.5) is 5.69 Å². The molecule has 0 saturated carbocycles.